The minimum absolute atomic E-state index is 0.128. The monoisotopic (exact) mass is 225 g/mol. The fourth-order valence-corrected chi connectivity index (χ4v) is 1.21. The van der Waals surface area contributed by atoms with Crippen LogP contribution in [0.15, 0.2) is 16.5 Å². The van der Waals surface area contributed by atoms with E-state index in [1.54, 1.807) is 12.1 Å². The molecule has 0 aliphatic carbocycles. The predicted octanol–water partition coefficient (Wildman–Crippen LogP) is 1.59. The predicted molar refractivity (Wildman–Crippen MR) is 61.3 cm³/mol. The lowest BCUT2D eigenvalue weighted by molar-refractivity contribution is 0.0845. The van der Waals surface area contributed by atoms with Crippen LogP contribution in [-0.2, 0) is 6.42 Å². The van der Waals surface area contributed by atoms with Crippen molar-refractivity contribution in [3.8, 4) is 0 Å². The summed E-state index contributed by atoms with van der Waals surface area (Å²) in [6, 6.07) is 3.43. The zero-order valence-electron chi connectivity index (χ0n) is 9.99. The van der Waals surface area contributed by atoms with Gasteiger partial charge in [0.2, 0.25) is 0 Å². The number of rotatable bonds is 5. The number of aryl methyl sites for hydroxylation is 1. The van der Waals surface area contributed by atoms with Gasteiger partial charge < -0.3 is 14.8 Å². The lowest BCUT2D eigenvalue weighted by Crippen LogP contribution is -2.34. The Morgan fingerprint density at radius 3 is 2.69 bits per heavy atom. The number of hydrogen-bond donors (Lipinski definition) is 2. The van der Waals surface area contributed by atoms with Gasteiger partial charge in [-0.3, -0.25) is 4.79 Å². The molecule has 1 aromatic rings. The van der Waals surface area contributed by atoms with Crippen molar-refractivity contribution in [2.75, 3.05) is 6.54 Å². The molecule has 90 valence electrons. The van der Waals surface area contributed by atoms with Crippen LogP contribution in [0.1, 0.15) is 37.1 Å². The number of carbonyl (C=O) groups is 1. The molecule has 4 nitrogen and oxygen atoms in total. The molecule has 1 atom stereocenters. The van der Waals surface area contributed by atoms with Crippen LogP contribution in [0, 0.1) is 5.92 Å². The maximum Gasteiger partial charge on any atom is 0.287 e. The quantitative estimate of drug-likeness (QED) is 0.800. The number of hydrogen-bond acceptors (Lipinski definition) is 3. The molecular weight excluding hydrogens is 206 g/mol. The van der Waals surface area contributed by atoms with Crippen molar-refractivity contribution in [1.29, 1.82) is 0 Å². The van der Waals surface area contributed by atoms with Crippen LogP contribution in [0.2, 0.25) is 0 Å². The molecule has 0 aliphatic heterocycles. The fraction of sp³-hybridized carbons (Fsp3) is 0.583. The number of aliphatic hydroxyl groups is 1. The highest BCUT2D eigenvalue weighted by molar-refractivity contribution is 5.91. The van der Waals surface area contributed by atoms with E-state index in [9.17, 15) is 9.90 Å². The summed E-state index contributed by atoms with van der Waals surface area (Å²) in [6.07, 6.45) is 0.242. The lowest BCUT2D eigenvalue weighted by Gasteiger charge is -2.14. The van der Waals surface area contributed by atoms with Crippen molar-refractivity contribution in [3.05, 3.63) is 23.7 Å². The summed E-state index contributed by atoms with van der Waals surface area (Å²) < 4.78 is 5.29. The van der Waals surface area contributed by atoms with Crippen LogP contribution >= 0.6 is 0 Å². The van der Waals surface area contributed by atoms with E-state index in [2.05, 4.69) is 5.32 Å². The van der Waals surface area contributed by atoms with Gasteiger partial charge in [0, 0.05) is 13.0 Å². The Morgan fingerprint density at radius 1 is 1.50 bits per heavy atom. The van der Waals surface area contributed by atoms with Gasteiger partial charge in [0.15, 0.2) is 5.76 Å². The normalized spacial score (nSPS) is 12.8. The van der Waals surface area contributed by atoms with E-state index < -0.39 is 6.10 Å². The first-order valence-electron chi connectivity index (χ1n) is 5.59. The third kappa shape index (κ3) is 3.38. The third-order valence-electron chi connectivity index (χ3n) is 2.48. The molecule has 0 aliphatic rings. The molecule has 0 fully saturated rings. The second kappa shape index (κ2) is 5.70. The minimum atomic E-state index is -0.524. The van der Waals surface area contributed by atoms with Gasteiger partial charge in [-0.25, -0.2) is 0 Å². The molecule has 0 aromatic carbocycles. The number of carbonyl (C=O) groups excluding carboxylic acids is 1. The highest BCUT2D eigenvalue weighted by Crippen LogP contribution is 2.08. The van der Waals surface area contributed by atoms with E-state index >= 15 is 0 Å². The second-order valence-electron chi connectivity index (χ2n) is 4.14. The van der Waals surface area contributed by atoms with Crippen molar-refractivity contribution in [1.82, 2.24) is 5.32 Å². The van der Waals surface area contributed by atoms with Crippen LogP contribution in [0.3, 0.4) is 0 Å². The first-order valence-corrected chi connectivity index (χ1v) is 5.59. The molecule has 0 radical (unpaired) electrons. The first kappa shape index (κ1) is 12.8. The molecule has 0 spiro atoms. The molecule has 4 heteroatoms. The summed E-state index contributed by atoms with van der Waals surface area (Å²) in [7, 11) is 0. The van der Waals surface area contributed by atoms with Crippen molar-refractivity contribution >= 4 is 5.91 Å². The average Bonchev–Trinajstić information content (AvgIpc) is 2.73. The molecule has 1 unspecified atom stereocenters. The Labute approximate surface area is 95.7 Å². The Bertz CT molecular complexity index is 344. The van der Waals surface area contributed by atoms with E-state index in [0.29, 0.717) is 5.76 Å². The van der Waals surface area contributed by atoms with Gasteiger partial charge >= 0.3 is 0 Å². The molecule has 1 heterocycles. The Kier molecular flexibility index (Phi) is 4.55. The van der Waals surface area contributed by atoms with Crippen LogP contribution in [0.25, 0.3) is 0 Å². The Hall–Kier alpha value is -1.29. The molecule has 16 heavy (non-hydrogen) atoms. The maximum absolute atomic E-state index is 11.6. The summed E-state index contributed by atoms with van der Waals surface area (Å²) in [6.45, 7) is 6.01. The van der Waals surface area contributed by atoms with Crippen LogP contribution in [0.5, 0.6) is 0 Å². The summed E-state index contributed by atoms with van der Waals surface area (Å²) in [5.74, 6) is 0.935. The molecule has 0 bridgehead atoms. The SMILES string of the molecule is CCc1ccc(C(=O)NCC(O)C(C)C)o1. The van der Waals surface area contributed by atoms with E-state index in [1.165, 1.54) is 0 Å². The Balaban J connectivity index is 2.46. The van der Waals surface area contributed by atoms with Gasteiger partial charge in [0.25, 0.3) is 5.91 Å². The van der Waals surface area contributed by atoms with Gasteiger partial charge in [-0.2, -0.15) is 0 Å². The van der Waals surface area contributed by atoms with Crippen LogP contribution < -0.4 is 5.32 Å². The molecule has 1 aromatic heterocycles. The van der Waals surface area contributed by atoms with E-state index in [4.69, 9.17) is 4.42 Å². The van der Waals surface area contributed by atoms with Gasteiger partial charge in [0.05, 0.1) is 6.10 Å². The summed E-state index contributed by atoms with van der Waals surface area (Å²) >= 11 is 0. The van der Waals surface area contributed by atoms with Crippen molar-refractivity contribution < 1.29 is 14.3 Å². The van der Waals surface area contributed by atoms with Crippen molar-refractivity contribution in [3.63, 3.8) is 0 Å². The number of aliphatic hydroxyl groups excluding tert-OH is 1. The summed E-state index contributed by atoms with van der Waals surface area (Å²) in [5.41, 5.74) is 0. The molecular formula is C12H19NO3. The van der Waals surface area contributed by atoms with Gasteiger partial charge in [-0.1, -0.05) is 20.8 Å². The smallest absolute Gasteiger partial charge is 0.287 e. The first-order chi connectivity index (χ1) is 7.54. The average molecular weight is 225 g/mol. The van der Waals surface area contributed by atoms with Gasteiger partial charge in [-0.05, 0) is 18.1 Å². The second-order valence-corrected chi connectivity index (χ2v) is 4.14. The van der Waals surface area contributed by atoms with E-state index in [-0.39, 0.29) is 18.4 Å². The van der Waals surface area contributed by atoms with Crippen molar-refractivity contribution in [2.24, 2.45) is 5.92 Å². The van der Waals surface area contributed by atoms with E-state index in [1.807, 2.05) is 20.8 Å². The zero-order valence-corrected chi connectivity index (χ0v) is 9.99. The third-order valence-corrected chi connectivity index (χ3v) is 2.48. The summed E-state index contributed by atoms with van der Waals surface area (Å²) in [5, 5.41) is 12.2. The molecule has 0 saturated heterocycles. The van der Waals surface area contributed by atoms with Gasteiger partial charge in [-0.15, -0.1) is 0 Å². The number of amides is 1. The lowest BCUT2D eigenvalue weighted by atomic mass is 10.1. The van der Waals surface area contributed by atoms with Crippen LogP contribution in [-0.4, -0.2) is 23.7 Å². The standard InChI is InChI=1S/C12H19NO3/c1-4-9-5-6-11(16-9)12(15)13-7-10(14)8(2)3/h5-6,8,10,14H,4,7H2,1-3H3,(H,13,15). The largest absolute Gasteiger partial charge is 0.456 e. The van der Waals surface area contributed by atoms with E-state index in [0.717, 1.165) is 12.2 Å². The highest BCUT2D eigenvalue weighted by Gasteiger charge is 2.14. The Morgan fingerprint density at radius 2 is 2.19 bits per heavy atom. The molecule has 1 amide bonds. The van der Waals surface area contributed by atoms with Gasteiger partial charge in [0.1, 0.15) is 5.76 Å². The molecule has 1 rings (SSSR count). The topological polar surface area (TPSA) is 62.5 Å². The maximum atomic E-state index is 11.6. The van der Waals surface area contributed by atoms with Crippen molar-refractivity contribution in [2.45, 2.75) is 33.3 Å². The molecule has 2 N–H and O–H groups in total. The zero-order chi connectivity index (χ0) is 12.1. The highest BCUT2D eigenvalue weighted by atomic mass is 16.3. The minimum Gasteiger partial charge on any atom is -0.456 e. The number of nitrogens with one attached hydrogen (secondary N) is 1. The fourth-order valence-electron chi connectivity index (χ4n) is 1.21. The summed E-state index contributed by atoms with van der Waals surface area (Å²) in [4.78, 5) is 11.6. The van der Waals surface area contributed by atoms with Crippen LogP contribution in [0.4, 0.5) is 0 Å². The molecule has 0 saturated carbocycles. The number of furan rings is 1.